The van der Waals surface area contributed by atoms with Crippen molar-refractivity contribution in [1.82, 2.24) is 0 Å². The molecule has 0 aliphatic carbocycles. The fourth-order valence-corrected chi connectivity index (χ4v) is 1.68. The Morgan fingerprint density at radius 1 is 1.57 bits per heavy atom. The minimum atomic E-state index is -0.889. The topological polar surface area (TPSA) is 49.3 Å². The van der Waals surface area contributed by atoms with E-state index in [0.717, 1.165) is 0 Å². The monoisotopic (exact) mass is 195 g/mol. The van der Waals surface area contributed by atoms with E-state index in [2.05, 4.69) is 5.32 Å². The molecule has 1 aromatic carbocycles. The SMILES string of the molecule is O=C(O)[C@@H]1CCc2c(F)cccc2N1. The molecule has 0 saturated carbocycles. The highest BCUT2D eigenvalue weighted by Gasteiger charge is 2.24. The molecule has 0 fully saturated rings. The highest BCUT2D eigenvalue weighted by Crippen LogP contribution is 2.26. The fourth-order valence-electron chi connectivity index (χ4n) is 1.68. The van der Waals surface area contributed by atoms with Crippen molar-refractivity contribution in [1.29, 1.82) is 0 Å². The predicted octanol–water partition coefficient (Wildman–Crippen LogP) is 1.64. The third kappa shape index (κ3) is 1.43. The molecule has 74 valence electrons. The molecule has 4 heteroatoms. The van der Waals surface area contributed by atoms with Crippen LogP contribution in [0.5, 0.6) is 0 Å². The first kappa shape index (κ1) is 8.99. The third-order valence-corrected chi connectivity index (χ3v) is 2.43. The predicted molar refractivity (Wildman–Crippen MR) is 49.8 cm³/mol. The van der Waals surface area contributed by atoms with Crippen molar-refractivity contribution in [2.45, 2.75) is 18.9 Å². The molecule has 1 aliphatic heterocycles. The number of aliphatic carboxylic acids is 1. The number of halogens is 1. The Labute approximate surface area is 80.6 Å². The van der Waals surface area contributed by atoms with E-state index in [4.69, 9.17) is 5.11 Å². The molecule has 0 radical (unpaired) electrons. The van der Waals surface area contributed by atoms with Crippen LogP contribution in [0.25, 0.3) is 0 Å². The van der Waals surface area contributed by atoms with Crippen LogP contribution in [-0.2, 0) is 11.2 Å². The van der Waals surface area contributed by atoms with Crippen molar-refractivity contribution in [2.75, 3.05) is 5.32 Å². The zero-order chi connectivity index (χ0) is 10.1. The summed E-state index contributed by atoms with van der Waals surface area (Å²) in [7, 11) is 0. The van der Waals surface area contributed by atoms with Gasteiger partial charge >= 0.3 is 5.97 Å². The normalized spacial score (nSPS) is 19.6. The lowest BCUT2D eigenvalue weighted by Crippen LogP contribution is -2.33. The van der Waals surface area contributed by atoms with E-state index < -0.39 is 12.0 Å². The van der Waals surface area contributed by atoms with E-state index in [1.165, 1.54) is 6.07 Å². The summed E-state index contributed by atoms with van der Waals surface area (Å²) in [5.74, 6) is -1.15. The van der Waals surface area contributed by atoms with E-state index in [1.54, 1.807) is 12.1 Å². The molecular formula is C10H10FNO2. The van der Waals surface area contributed by atoms with Crippen molar-refractivity contribution < 1.29 is 14.3 Å². The lowest BCUT2D eigenvalue weighted by atomic mass is 9.98. The molecule has 1 aromatic rings. The number of carbonyl (C=O) groups is 1. The van der Waals surface area contributed by atoms with Crippen LogP contribution in [-0.4, -0.2) is 17.1 Å². The smallest absolute Gasteiger partial charge is 0.326 e. The number of rotatable bonds is 1. The summed E-state index contributed by atoms with van der Waals surface area (Å²) in [6, 6.07) is 4.07. The minimum absolute atomic E-state index is 0.265. The van der Waals surface area contributed by atoms with Crippen LogP contribution < -0.4 is 5.32 Å². The molecule has 1 aliphatic rings. The molecule has 1 heterocycles. The summed E-state index contributed by atoms with van der Waals surface area (Å²) < 4.78 is 13.2. The number of hydrogen-bond donors (Lipinski definition) is 2. The Bertz CT molecular complexity index is 378. The highest BCUT2D eigenvalue weighted by atomic mass is 19.1. The summed E-state index contributed by atoms with van der Waals surface area (Å²) in [6.07, 6.45) is 0.912. The average Bonchev–Trinajstić information content (AvgIpc) is 2.17. The second-order valence-electron chi connectivity index (χ2n) is 3.34. The van der Waals surface area contributed by atoms with Gasteiger partial charge in [0.1, 0.15) is 11.9 Å². The van der Waals surface area contributed by atoms with E-state index >= 15 is 0 Å². The molecule has 2 N–H and O–H groups in total. The zero-order valence-corrected chi connectivity index (χ0v) is 7.46. The number of carboxylic acid groups (broad SMARTS) is 1. The average molecular weight is 195 g/mol. The van der Waals surface area contributed by atoms with Gasteiger partial charge in [-0.05, 0) is 25.0 Å². The van der Waals surface area contributed by atoms with Crippen molar-refractivity contribution in [3.63, 3.8) is 0 Å². The molecule has 0 unspecified atom stereocenters. The maximum atomic E-state index is 13.2. The Balaban J connectivity index is 2.31. The van der Waals surface area contributed by atoms with Gasteiger partial charge in [0.15, 0.2) is 0 Å². The Kier molecular flexibility index (Phi) is 2.11. The van der Waals surface area contributed by atoms with E-state index in [1.807, 2.05) is 0 Å². The van der Waals surface area contributed by atoms with Gasteiger partial charge in [0.25, 0.3) is 0 Å². The van der Waals surface area contributed by atoms with Gasteiger partial charge in [-0.25, -0.2) is 9.18 Å². The molecule has 1 atom stereocenters. The van der Waals surface area contributed by atoms with Crippen LogP contribution in [0.4, 0.5) is 10.1 Å². The number of fused-ring (bicyclic) bond motifs is 1. The standard InChI is InChI=1S/C10H10FNO2/c11-7-2-1-3-8-6(7)4-5-9(12-8)10(13)14/h1-3,9,12H,4-5H2,(H,13,14)/t9-/m0/s1. The molecule has 2 rings (SSSR count). The van der Waals surface area contributed by atoms with Crippen LogP contribution in [0, 0.1) is 5.82 Å². The molecule has 0 bridgehead atoms. The second kappa shape index (κ2) is 3.29. The van der Waals surface area contributed by atoms with Gasteiger partial charge in [0.2, 0.25) is 0 Å². The second-order valence-corrected chi connectivity index (χ2v) is 3.34. The summed E-state index contributed by atoms with van der Waals surface area (Å²) in [6.45, 7) is 0. The summed E-state index contributed by atoms with van der Waals surface area (Å²) in [5, 5.41) is 11.6. The van der Waals surface area contributed by atoms with E-state index in [0.29, 0.717) is 24.1 Å². The van der Waals surface area contributed by atoms with Crippen molar-refractivity contribution >= 4 is 11.7 Å². The van der Waals surface area contributed by atoms with Gasteiger partial charge < -0.3 is 10.4 Å². The fraction of sp³-hybridized carbons (Fsp3) is 0.300. The number of anilines is 1. The molecule has 0 saturated heterocycles. The van der Waals surface area contributed by atoms with Gasteiger partial charge in [-0.3, -0.25) is 0 Å². The number of benzene rings is 1. The third-order valence-electron chi connectivity index (χ3n) is 2.43. The largest absolute Gasteiger partial charge is 0.480 e. The van der Waals surface area contributed by atoms with Crippen LogP contribution in [0.1, 0.15) is 12.0 Å². The van der Waals surface area contributed by atoms with Crippen LogP contribution >= 0.6 is 0 Å². The minimum Gasteiger partial charge on any atom is -0.480 e. The van der Waals surface area contributed by atoms with Crippen molar-refractivity contribution in [3.05, 3.63) is 29.6 Å². The van der Waals surface area contributed by atoms with Gasteiger partial charge in [0, 0.05) is 11.3 Å². The summed E-state index contributed by atoms with van der Waals surface area (Å²) in [4.78, 5) is 10.7. The van der Waals surface area contributed by atoms with E-state index in [-0.39, 0.29) is 5.82 Å². The quantitative estimate of drug-likeness (QED) is 0.716. The lowest BCUT2D eigenvalue weighted by Gasteiger charge is -2.24. The van der Waals surface area contributed by atoms with Crippen molar-refractivity contribution in [3.8, 4) is 0 Å². The van der Waals surface area contributed by atoms with Crippen LogP contribution in [0.3, 0.4) is 0 Å². The van der Waals surface area contributed by atoms with Crippen LogP contribution in [0.2, 0.25) is 0 Å². The number of hydrogen-bond acceptors (Lipinski definition) is 2. The molecule has 14 heavy (non-hydrogen) atoms. The number of carboxylic acids is 1. The maximum Gasteiger partial charge on any atom is 0.326 e. The maximum absolute atomic E-state index is 13.2. The van der Waals surface area contributed by atoms with Crippen molar-refractivity contribution in [2.24, 2.45) is 0 Å². The molecule has 0 spiro atoms. The molecule has 0 aromatic heterocycles. The molecule has 0 amide bonds. The van der Waals surface area contributed by atoms with Gasteiger partial charge in [0.05, 0.1) is 0 Å². The number of nitrogens with one attached hydrogen (secondary N) is 1. The zero-order valence-electron chi connectivity index (χ0n) is 7.46. The summed E-state index contributed by atoms with van der Waals surface area (Å²) >= 11 is 0. The first-order valence-corrected chi connectivity index (χ1v) is 4.45. The highest BCUT2D eigenvalue weighted by molar-refractivity contribution is 5.78. The van der Waals surface area contributed by atoms with Crippen LogP contribution in [0.15, 0.2) is 18.2 Å². The first-order valence-electron chi connectivity index (χ1n) is 4.45. The van der Waals surface area contributed by atoms with Gasteiger partial charge in [-0.2, -0.15) is 0 Å². The Morgan fingerprint density at radius 3 is 3.07 bits per heavy atom. The Hall–Kier alpha value is -1.58. The first-order chi connectivity index (χ1) is 6.68. The molecular weight excluding hydrogens is 185 g/mol. The summed E-state index contributed by atoms with van der Waals surface area (Å²) in [5.41, 5.74) is 1.19. The Morgan fingerprint density at radius 2 is 2.36 bits per heavy atom. The van der Waals surface area contributed by atoms with Gasteiger partial charge in [-0.15, -0.1) is 0 Å². The lowest BCUT2D eigenvalue weighted by molar-refractivity contribution is -0.138. The van der Waals surface area contributed by atoms with E-state index in [9.17, 15) is 9.18 Å². The molecule has 3 nitrogen and oxygen atoms in total. The van der Waals surface area contributed by atoms with Gasteiger partial charge in [-0.1, -0.05) is 6.07 Å².